The summed E-state index contributed by atoms with van der Waals surface area (Å²) in [5.74, 6) is 0.128. The van der Waals surface area contributed by atoms with Crippen LogP contribution in [0, 0.1) is 0 Å². The van der Waals surface area contributed by atoms with E-state index in [2.05, 4.69) is 28.3 Å². The van der Waals surface area contributed by atoms with Crippen LogP contribution in [-0.4, -0.2) is 33.3 Å². The normalized spacial score (nSPS) is 17.5. The zero-order valence-corrected chi connectivity index (χ0v) is 13.6. The molecule has 5 nitrogen and oxygen atoms in total. The van der Waals surface area contributed by atoms with Gasteiger partial charge in [0.25, 0.3) is 0 Å². The van der Waals surface area contributed by atoms with Crippen molar-refractivity contribution in [2.75, 3.05) is 6.61 Å². The van der Waals surface area contributed by atoms with Gasteiger partial charge in [-0.05, 0) is 35.9 Å². The highest BCUT2D eigenvalue weighted by Crippen LogP contribution is 2.24. The Labute approximate surface area is 140 Å². The molecule has 0 spiro atoms. The molecule has 1 aliphatic rings. The molecule has 1 atom stereocenters. The van der Waals surface area contributed by atoms with E-state index in [0.29, 0.717) is 13.0 Å². The molecular formula is C19H19N3O2. The molecule has 122 valence electrons. The zero-order chi connectivity index (χ0) is 16.5. The van der Waals surface area contributed by atoms with Crippen LogP contribution in [0.3, 0.4) is 0 Å². The first-order valence-corrected chi connectivity index (χ1v) is 8.21. The van der Waals surface area contributed by atoms with Gasteiger partial charge in [-0.15, -0.1) is 0 Å². The first kappa shape index (κ1) is 15.0. The fraction of sp³-hybridized carbons (Fsp3) is 0.316. The van der Waals surface area contributed by atoms with E-state index in [9.17, 15) is 4.79 Å². The number of carbonyl (C=O) groups excluding carboxylic acids is 1. The summed E-state index contributed by atoms with van der Waals surface area (Å²) in [4.78, 5) is 16.7. The Bertz CT molecular complexity index is 895. The second kappa shape index (κ2) is 6.17. The van der Waals surface area contributed by atoms with Gasteiger partial charge < -0.3 is 4.74 Å². The fourth-order valence-electron chi connectivity index (χ4n) is 3.16. The molecule has 1 fully saturated rings. The van der Waals surface area contributed by atoms with E-state index in [-0.39, 0.29) is 11.9 Å². The highest BCUT2D eigenvalue weighted by molar-refractivity contribution is 5.89. The summed E-state index contributed by atoms with van der Waals surface area (Å²) >= 11 is 0. The Kier molecular flexibility index (Phi) is 3.86. The molecule has 0 bridgehead atoms. The highest BCUT2D eigenvalue weighted by atomic mass is 16.5. The lowest BCUT2D eigenvalue weighted by Gasteiger charge is -2.08. The highest BCUT2D eigenvalue weighted by Gasteiger charge is 2.23. The zero-order valence-electron chi connectivity index (χ0n) is 13.6. The number of nitrogens with zero attached hydrogens (tertiary/aromatic N) is 3. The Morgan fingerprint density at radius 3 is 2.92 bits per heavy atom. The van der Waals surface area contributed by atoms with Gasteiger partial charge in [0.05, 0.1) is 12.6 Å². The van der Waals surface area contributed by atoms with Crippen LogP contribution < -0.4 is 0 Å². The van der Waals surface area contributed by atoms with Crippen molar-refractivity contribution in [1.82, 2.24) is 14.8 Å². The maximum atomic E-state index is 12.3. The molecule has 0 radical (unpaired) electrons. The molecule has 2 aromatic heterocycles. The number of rotatable bonds is 4. The molecule has 0 aliphatic carbocycles. The van der Waals surface area contributed by atoms with E-state index in [0.717, 1.165) is 40.4 Å². The lowest BCUT2D eigenvalue weighted by atomic mass is 10.0. The summed E-state index contributed by atoms with van der Waals surface area (Å²) in [5, 5.41) is 6.37. The standard InChI is InChI=1S/C19H19N3O2/c1-22-12-16(11-21-22)13-4-5-14-10-20-17(8-15(14)7-13)9-18(23)19-3-2-6-24-19/h4-5,7-8,10-12,19H,2-3,6,9H2,1H3/t19-/m1/s1. The minimum absolute atomic E-state index is 0.128. The van der Waals surface area contributed by atoms with E-state index in [4.69, 9.17) is 4.74 Å². The minimum Gasteiger partial charge on any atom is -0.370 e. The average Bonchev–Trinajstić information content (AvgIpc) is 3.25. The summed E-state index contributed by atoms with van der Waals surface area (Å²) in [7, 11) is 1.91. The van der Waals surface area contributed by atoms with Crippen LogP contribution in [0.15, 0.2) is 42.9 Å². The maximum absolute atomic E-state index is 12.3. The fourth-order valence-corrected chi connectivity index (χ4v) is 3.16. The molecule has 3 aromatic rings. The van der Waals surface area contributed by atoms with Crippen molar-refractivity contribution < 1.29 is 9.53 Å². The van der Waals surface area contributed by atoms with Crippen molar-refractivity contribution >= 4 is 16.6 Å². The second-order valence-corrected chi connectivity index (χ2v) is 6.29. The summed E-state index contributed by atoms with van der Waals surface area (Å²) in [6.07, 6.45) is 7.56. The SMILES string of the molecule is Cn1cc(-c2ccc3cnc(CC(=O)[C@H]4CCCO4)cc3c2)cn1. The quantitative estimate of drug-likeness (QED) is 0.741. The molecule has 3 heterocycles. The first-order valence-electron chi connectivity index (χ1n) is 8.21. The number of hydrogen-bond acceptors (Lipinski definition) is 4. The van der Waals surface area contributed by atoms with Crippen LogP contribution in [0.25, 0.3) is 21.9 Å². The Balaban J connectivity index is 1.62. The largest absolute Gasteiger partial charge is 0.370 e. The predicted molar refractivity (Wildman–Crippen MR) is 91.6 cm³/mol. The van der Waals surface area contributed by atoms with Crippen LogP contribution in [0.5, 0.6) is 0 Å². The van der Waals surface area contributed by atoms with Crippen molar-refractivity contribution in [1.29, 1.82) is 0 Å². The molecule has 4 rings (SSSR count). The third kappa shape index (κ3) is 2.95. The van der Waals surface area contributed by atoms with Gasteiger partial charge in [-0.3, -0.25) is 14.5 Å². The number of ketones is 1. The smallest absolute Gasteiger partial charge is 0.167 e. The number of carbonyl (C=O) groups is 1. The number of hydrogen-bond donors (Lipinski definition) is 0. The molecule has 0 N–H and O–H groups in total. The molecule has 0 saturated carbocycles. The van der Waals surface area contributed by atoms with Gasteiger partial charge in [0.2, 0.25) is 0 Å². The van der Waals surface area contributed by atoms with Gasteiger partial charge >= 0.3 is 0 Å². The lowest BCUT2D eigenvalue weighted by Crippen LogP contribution is -2.21. The number of aryl methyl sites for hydroxylation is 1. The lowest BCUT2D eigenvalue weighted by molar-refractivity contribution is -0.127. The number of benzene rings is 1. The van der Waals surface area contributed by atoms with Gasteiger partial charge in [0.15, 0.2) is 5.78 Å². The van der Waals surface area contributed by atoms with Gasteiger partial charge in [0, 0.05) is 42.7 Å². The molecule has 1 aliphatic heterocycles. The molecular weight excluding hydrogens is 302 g/mol. The Hall–Kier alpha value is -2.53. The van der Waals surface area contributed by atoms with Gasteiger partial charge in [0.1, 0.15) is 6.10 Å². The number of fused-ring (bicyclic) bond motifs is 1. The molecule has 0 unspecified atom stereocenters. The molecule has 5 heteroatoms. The van der Waals surface area contributed by atoms with E-state index in [1.54, 1.807) is 4.68 Å². The minimum atomic E-state index is -0.246. The van der Waals surface area contributed by atoms with Crippen LogP contribution >= 0.6 is 0 Å². The van der Waals surface area contributed by atoms with E-state index in [1.165, 1.54) is 0 Å². The van der Waals surface area contributed by atoms with E-state index >= 15 is 0 Å². The Morgan fingerprint density at radius 2 is 2.17 bits per heavy atom. The monoisotopic (exact) mass is 321 g/mol. The molecule has 1 saturated heterocycles. The van der Waals surface area contributed by atoms with Crippen molar-refractivity contribution in [3.05, 3.63) is 48.5 Å². The number of ether oxygens (including phenoxy) is 1. The van der Waals surface area contributed by atoms with Crippen molar-refractivity contribution in [2.45, 2.75) is 25.4 Å². The topological polar surface area (TPSA) is 57.0 Å². The number of pyridine rings is 1. The van der Waals surface area contributed by atoms with E-state index < -0.39 is 0 Å². The van der Waals surface area contributed by atoms with E-state index in [1.807, 2.05) is 31.7 Å². The van der Waals surface area contributed by atoms with Gasteiger partial charge in [-0.2, -0.15) is 5.10 Å². The number of Topliss-reactive ketones (excluding diaryl/α,β-unsaturated/α-hetero) is 1. The van der Waals surface area contributed by atoms with Gasteiger partial charge in [-0.1, -0.05) is 12.1 Å². The molecule has 1 aromatic carbocycles. The number of aromatic nitrogens is 3. The summed E-state index contributed by atoms with van der Waals surface area (Å²) < 4.78 is 7.26. The van der Waals surface area contributed by atoms with Crippen molar-refractivity contribution in [2.24, 2.45) is 7.05 Å². The first-order chi connectivity index (χ1) is 11.7. The van der Waals surface area contributed by atoms with Crippen LogP contribution in [-0.2, 0) is 23.0 Å². The maximum Gasteiger partial charge on any atom is 0.167 e. The summed E-state index contributed by atoms with van der Waals surface area (Å²) in [6.45, 7) is 0.691. The summed E-state index contributed by atoms with van der Waals surface area (Å²) in [6, 6.07) is 8.24. The second-order valence-electron chi connectivity index (χ2n) is 6.29. The predicted octanol–water partition coefficient (Wildman–Crippen LogP) is 2.93. The van der Waals surface area contributed by atoms with Crippen molar-refractivity contribution in [3.8, 4) is 11.1 Å². The third-order valence-corrected chi connectivity index (χ3v) is 4.46. The summed E-state index contributed by atoms with van der Waals surface area (Å²) in [5.41, 5.74) is 2.98. The Morgan fingerprint density at radius 1 is 1.25 bits per heavy atom. The van der Waals surface area contributed by atoms with Gasteiger partial charge in [-0.25, -0.2) is 0 Å². The molecule has 24 heavy (non-hydrogen) atoms. The third-order valence-electron chi connectivity index (χ3n) is 4.46. The molecule has 0 amide bonds. The van der Waals surface area contributed by atoms with Crippen LogP contribution in [0.1, 0.15) is 18.5 Å². The van der Waals surface area contributed by atoms with Crippen LogP contribution in [0.2, 0.25) is 0 Å². The van der Waals surface area contributed by atoms with Crippen LogP contribution in [0.4, 0.5) is 0 Å². The van der Waals surface area contributed by atoms with Crippen molar-refractivity contribution in [3.63, 3.8) is 0 Å². The average molecular weight is 321 g/mol.